The molecule has 10 nitrogen and oxygen atoms in total. The van der Waals surface area contributed by atoms with Crippen molar-refractivity contribution in [3.05, 3.63) is 58.2 Å². The van der Waals surface area contributed by atoms with Crippen molar-refractivity contribution in [1.82, 2.24) is 19.8 Å². The van der Waals surface area contributed by atoms with Gasteiger partial charge in [0.2, 0.25) is 0 Å². The zero-order valence-corrected chi connectivity index (χ0v) is 28.1. The molecule has 0 spiro atoms. The Bertz CT molecular complexity index is 1640. The van der Waals surface area contributed by atoms with E-state index in [-0.39, 0.29) is 24.0 Å². The van der Waals surface area contributed by atoms with Gasteiger partial charge in [-0.25, -0.2) is 4.79 Å². The first kappa shape index (κ1) is 32.3. The van der Waals surface area contributed by atoms with Gasteiger partial charge in [0.25, 0.3) is 0 Å². The van der Waals surface area contributed by atoms with Crippen LogP contribution >= 0.6 is 11.6 Å². The van der Waals surface area contributed by atoms with Crippen LogP contribution in [-0.2, 0) is 22.5 Å². The van der Waals surface area contributed by atoms with Crippen molar-refractivity contribution in [2.45, 2.75) is 70.8 Å². The second kappa shape index (κ2) is 12.9. The molecule has 1 aliphatic carbocycles. The van der Waals surface area contributed by atoms with Crippen molar-refractivity contribution in [2.75, 3.05) is 51.8 Å². The summed E-state index contributed by atoms with van der Waals surface area (Å²) in [7, 11) is 4.17. The minimum absolute atomic E-state index is 0.116. The summed E-state index contributed by atoms with van der Waals surface area (Å²) < 4.78 is 18.6. The fourth-order valence-electron chi connectivity index (χ4n) is 6.65. The summed E-state index contributed by atoms with van der Waals surface area (Å²) in [6.07, 6.45) is 2.29. The van der Waals surface area contributed by atoms with E-state index in [4.69, 9.17) is 35.8 Å². The quantitative estimate of drug-likeness (QED) is 0.285. The molecule has 2 aliphatic heterocycles. The monoisotopic (exact) mass is 646 g/mol. The number of fused-ring (bicyclic) bond motifs is 2. The summed E-state index contributed by atoms with van der Waals surface area (Å²) in [5, 5.41) is 12.4. The lowest BCUT2D eigenvalue weighted by Crippen LogP contribution is -2.56. The number of piperazine rings is 1. The van der Waals surface area contributed by atoms with Gasteiger partial charge in [0, 0.05) is 54.0 Å². The maximum atomic E-state index is 13.1. The smallest absolute Gasteiger partial charge is 0.410 e. The van der Waals surface area contributed by atoms with Crippen LogP contribution in [0.3, 0.4) is 0 Å². The molecule has 0 bridgehead atoms. The van der Waals surface area contributed by atoms with Gasteiger partial charge in [-0.1, -0.05) is 41.9 Å². The average Bonchev–Trinajstić information content (AvgIpc) is 3.77. The van der Waals surface area contributed by atoms with Crippen molar-refractivity contribution >= 4 is 34.3 Å². The molecule has 1 unspecified atom stereocenters. The zero-order chi connectivity index (χ0) is 32.6. The summed E-state index contributed by atoms with van der Waals surface area (Å²) in [5.41, 5.74) is 2.30. The molecular weight excluding hydrogens is 604 g/mol. The number of nitrogens with zero attached hydrogens (tertiary/aromatic N) is 6. The summed E-state index contributed by atoms with van der Waals surface area (Å²) in [4.78, 5) is 29.0. The minimum Gasteiger partial charge on any atom is -0.463 e. The molecule has 244 valence electrons. The second-order valence-corrected chi connectivity index (χ2v) is 14.5. The van der Waals surface area contributed by atoms with Gasteiger partial charge < -0.3 is 28.9 Å². The lowest BCUT2D eigenvalue weighted by Gasteiger charge is -2.42. The van der Waals surface area contributed by atoms with Crippen molar-refractivity contribution in [1.29, 1.82) is 5.26 Å². The third kappa shape index (κ3) is 7.02. The van der Waals surface area contributed by atoms with Crippen LogP contribution in [0.5, 0.6) is 6.01 Å². The number of rotatable bonds is 8. The standard InChI is InChI=1S/C35H43ClN6O4/c1-34(2,3)46-33(43)42-17-16-41(19-24(42)12-15-37)31-26-20-44-29(25-10-6-8-23-9-7-11-27(36)30(23)25)18-28(26)38-32(39-31)45-22-35(13-14-35)21-40(4)5/h6-11,24,29H,12-14,16-22H2,1-5H3/t24-,29?/m0/s1. The highest BCUT2D eigenvalue weighted by Crippen LogP contribution is 2.46. The highest BCUT2D eigenvalue weighted by Gasteiger charge is 2.44. The molecule has 2 fully saturated rings. The topological polar surface area (TPSA) is 104 Å². The van der Waals surface area contributed by atoms with Gasteiger partial charge in [-0.2, -0.15) is 15.2 Å². The number of nitriles is 1. The highest BCUT2D eigenvalue weighted by molar-refractivity contribution is 6.35. The Labute approximate surface area is 276 Å². The molecule has 1 amide bonds. The minimum atomic E-state index is -0.628. The third-order valence-corrected chi connectivity index (χ3v) is 9.26. The van der Waals surface area contributed by atoms with Gasteiger partial charge in [0.15, 0.2) is 0 Å². The van der Waals surface area contributed by atoms with Gasteiger partial charge in [-0.05, 0) is 64.7 Å². The van der Waals surface area contributed by atoms with E-state index in [9.17, 15) is 10.1 Å². The predicted octanol–water partition coefficient (Wildman–Crippen LogP) is 6.16. The Hall–Kier alpha value is -3.65. The van der Waals surface area contributed by atoms with Crippen LogP contribution in [0.25, 0.3) is 10.8 Å². The lowest BCUT2D eigenvalue weighted by molar-refractivity contribution is 0.0140. The number of carbonyl (C=O) groups excluding carboxylic acids is 1. The number of amides is 1. The molecule has 3 heterocycles. The Morgan fingerprint density at radius 3 is 2.63 bits per heavy atom. The first-order valence-electron chi connectivity index (χ1n) is 16.0. The fourth-order valence-corrected chi connectivity index (χ4v) is 6.94. The maximum absolute atomic E-state index is 13.1. The molecule has 0 radical (unpaired) electrons. The molecule has 3 aromatic rings. The largest absolute Gasteiger partial charge is 0.463 e. The number of carbonyl (C=O) groups is 1. The Balaban J connectivity index is 1.32. The van der Waals surface area contributed by atoms with Crippen molar-refractivity contribution in [3.63, 3.8) is 0 Å². The molecule has 1 saturated heterocycles. The van der Waals surface area contributed by atoms with Crippen LogP contribution in [0.2, 0.25) is 5.02 Å². The van der Waals surface area contributed by atoms with Crippen LogP contribution in [0.1, 0.15) is 63.0 Å². The Morgan fingerprint density at radius 1 is 1.17 bits per heavy atom. The van der Waals surface area contributed by atoms with Gasteiger partial charge in [-0.15, -0.1) is 0 Å². The molecule has 46 heavy (non-hydrogen) atoms. The number of hydrogen-bond acceptors (Lipinski definition) is 9. The van der Waals surface area contributed by atoms with Crippen molar-refractivity contribution in [2.24, 2.45) is 5.41 Å². The van der Waals surface area contributed by atoms with Crippen LogP contribution in [0.15, 0.2) is 36.4 Å². The summed E-state index contributed by atoms with van der Waals surface area (Å²) in [6, 6.07) is 14.3. The molecule has 6 rings (SSSR count). The van der Waals surface area contributed by atoms with E-state index in [0.717, 1.165) is 52.8 Å². The number of halogens is 1. The van der Waals surface area contributed by atoms with Crippen LogP contribution in [0.4, 0.5) is 10.6 Å². The normalized spacial score (nSPS) is 20.7. The summed E-state index contributed by atoms with van der Waals surface area (Å²) in [5.74, 6) is 0.735. The number of anilines is 1. The second-order valence-electron chi connectivity index (χ2n) is 14.1. The molecule has 1 saturated carbocycles. The van der Waals surface area contributed by atoms with E-state index in [1.165, 1.54) is 0 Å². The lowest BCUT2D eigenvalue weighted by atomic mass is 9.94. The van der Waals surface area contributed by atoms with E-state index >= 15 is 0 Å². The molecule has 2 aromatic carbocycles. The van der Waals surface area contributed by atoms with E-state index in [1.807, 2.05) is 39.0 Å². The Morgan fingerprint density at radius 2 is 1.93 bits per heavy atom. The fraction of sp³-hybridized carbons (Fsp3) is 0.543. The van der Waals surface area contributed by atoms with Gasteiger partial charge >= 0.3 is 12.1 Å². The van der Waals surface area contributed by atoms with Gasteiger partial charge in [0.05, 0.1) is 43.5 Å². The van der Waals surface area contributed by atoms with Crippen LogP contribution in [-0.4, -0.2) is 84.4 Å². The molecule has 3 aliphatic rings. The van der Waals surface area contributed by atoms with E-state index in [1.54, 1.807) is 4.90 Å². The molecule has 0 N–H and O–H groups in total. The molecule has 11 heteroatoms. The average molecular weight is 647 g/mol. The first-order valence-corrected chi connectivity index (χ1v) is 16.4. The van der Waals surface area contributed by atoms with Crippen molar-refractivity contribution in [3.8, 4) is 12.1 Å². The zero-order valence-electron chi connectivity index (χ0n) is 27.4. The maximum Gasteiger partial charge on any atom is 0.410 e. The third-order valence-electron chi connectivity index (χ3n) is 8.94. The number of ether oxygens (including phenoxy) is 3. The predicted molar refractivity (Wildman–Crippen MR) is 177 cm³/mol. The van der Waals surface area contributed by atoms with E-state index < -0.39 is 11.7 Å². The van der Waals surface area contributed by atoms with Gasteiger partial charge in [0.1, 0.15) is 11.4 Å². The first-order chi connectivity index (χ1) is 21.9. The summed E-state index contributed by atoms with van der Waals surface area (Å²) >= 11 is 6.70. The molecule has 2 atom stereocenters. The SMILES string of the molecule is CN(C)CC1(COc2nc3c(c(N4CCN(C(=O)OC(C)(C)C)[C@@H](CC#N)C4)n2)COC(c2cccc4cccc(Cl)c24)C3)CC1. The number of aromatic nitrogens is 2. The molecule has 1 aromatic heterocycles. The highest BCUT2D eigenvalue weighted by atomic mass is 35.5. The van der Waals surface area contributed by atoms with Gasteiger partial charge in [-0.3, -0.25) is 0 Å². The van der Waals surface area contributed by atoms with Crippen molar-refractivity contribution < 1.29 is 19.0 Å². The number of benzene rings is 2. The van der Waals surface area contributed by atoms with Crippen LogP contribution in [0, 0.1) is 16.7 Å². The number of hydrogen-bond donors (Lipinski definition) is 0. The van der Waals surface area contributed by atoms with E-state index in [0.29, 0.717) is 50.3 Å². The Kier molecular flexibility index (Phi) is 9.03. The van der Waals surface area contributed by atoms with E-state index in [2.05, 4.69) is 48.2 Å². The summed E-state index contributed by atoms with van der Waals surface area (Å²) in [6.45, 7) is 8.71. The van der Waals surface area contributed by atoms with Crippen LogP contribution < -0.4 is 9.64 Å². The molecular formula is C35H43ClN6O4.